The third-order valence-corrected chi connectivity index (χ3v) is 4.89. The van der Waals surface area contributed by atoms with E-state index >= 15 is 0 Å². The number of alkyl halides is 2. The number of nitrogens with zero attached hydrogens (tertiary/aromatic N) is 1. The summed E-state index contributed by atoms with van der Waals surface area (Å²) in [6.45, 7) is 11.2. The SMILES string of the molecule is CC(C)(C)OC(=O)C(C[C@H](NC(=O)Cc1ccccc1)C(=O)OC(C)(C)C)N(CCCl)CCCl. The van der Waals surface area contributed by atoms with Gasteiger partial charge in [-0.1, -0.05) is 30.3 Å². The van der Waals surface area contributed by atoms with Gasteiger partial charge < -0.3 is 14.8 Å². The maximum absolute atomic E-state index is 13.2. The quantitative estimate of drug-likeness (QED) is 0.334. The molecule has 0 saturated carbocycles. The zero-order valence-electron chi connectivity index (χ0n) is 21.0. The van der Waals surface area contributed by atoms with Crippen LogP contribution in [0.2, 0.25) is 0 Å². The first-order valence-electron chi connectivity index (χ1n) is 11.4. The molecule has 1 rings (SSSR count). The molecule has 0 spiro atoms. The summed E-state index contributed by atoms with van der Waals surface area (Å²) in [4.78, 5) is 40.8. The second kappa shape index (κ2) is 13.9. The normalized spacial score (nSPS) is 13.8. The first-order valence-corrected chi connectivity index (χ1v) is 12.5. The number of rotatable bonds is 12. The smallest absolute Gasteiger partial charge is 0.329 e. The fourth-order valence-corrected chi connectivity index (χ4v) is 3.68. The van der Waals surface area contributed by atoms with Gasteiger partial charge in [-0.15, -0.1) is 23.2 Å². The van der Waals surface area contributed by atoms with E-state index in [1.807, 2.05) is 30.3 Å². The molecule has 192 valence electrons. The first kappa shape index (κ1) is 30.2. The Morgan fingerprint density at radius 2 is 1.38 bits per heavy atom. The van der Waals surface area contributed by atoms with Crippen LogP contribution in [0.1, 0.15) is 53.5 Å². The zero-order chi connectivity index (χ0) is 25.9. The molecular weight excluding hydrogens is 479 g/mol. The van der Waals surface area contributed by atoms with Gasteiger partial charge in [-0.2, -0.15) is 0 Å². The van der Waals surface area contributed by atoms with Gasteiger partial charge in [0.15, 0.2) is 0 Å². The summed E-state index contributed by atoms with van der Waals surface area (Å²) in [5.41, 5.74) is -0.703. The number of ether oxygens (including phenoxy) is 2. The van der Waals surface area contributed by atoms with Crippen LogP contribution in [-0.2, 0) is 30.3 Å². The van der Waals surface area contributed by atoms with E-state index in [-0.39, 0.29) is 30.5 Å². The van der Waals surface area contributed by atoms with Crippen LogP contribution in [0.4, 0.5) is 0 Å². The third-order valence-electron chi connectivity index (χ3n) is 4.56. The molecule has 0 bridgehead atoms. The van der Waals surface area contributed by atoms with Gasteiger partial charge in [-0.25, -0.2) is 4.79 Å². The average Bonchev–Trinajstić information content (AvgIpc) is 2.69. The van der Waals surface area contributed by atoms with Crippen molar-refractivity contribution in [3.8, 4) is 0 Å². The van der Waals surface area contributed by atoms with Crippen molar-refractivity contribution in [2.45, 2.75) is 77.7 Å². The van der Waals surface area contributed by atoms with Crippen molar-refractivity contribution >= 4 is 41.0 Å². The fraction of sp³-hybridized carbons (Fsp3) is 0.640. The predicted octanol–water partition coefficient (Wildman–Crippen LogP) is 3.94. The van der Waals surface area contributed by atoms with E-state index in [4.69, 9.17) is 32.7 Å². The second-order valence-electron chi connectivity index (χ2n) is 10.0. The van der Waals surface area contributed by atoms with Gasteiger partial charge in [0.05, 0.1) is 6.42 Å². The van der Waals surface area contributed by atoms with Crippen LogP contribution in [0, 0.1) is 0 Å². The minimum atomic E-state index is -1.07. The summed E-state index contributed by atoms with van der Waals surface area (Å²) in [5, 5.41) is 2.76. The third kappa shape index (κ3) is 12.0. The molecule has 0 heterocycles. The van der Waals surface area contributed by atoms with Gasteiger partial charge >= 0.3 is 11.9 Å². The lowest BCUT2D eigenvalue weighted by Gasteiger charge is -2.34. The van der Waals surface area contributed by atoms with Gasteiger partial charge in [0.25, 0.3) is 0 Å². The molecule has 0 aromatic heterocycles. The molecule has 0 aliphatic rings. The molecule has 1 aromatic rings. The number of halogens is 2. The van der Waals surface area contributed by atoms with Gasteiger partial charge in [-0.3, -0.25) is 14.5 Å². The van der Waals surface area contributed by atoms with Gasteiger partial charge in [-0.05, 0) is 47.1 Å². The maximum atomic E-state index is 13.2. The predicted molar refractivity (Wildman–Crippen MR) is 135 cm³/mol. The molecule has 7 nitrogen and oxygen atoms in total. The number of hydrogen-bond donors (Lipinski definition) is 1. The van der Waals surface area contributed by atoms with Crippen molar-refractivity contribution in [3.05, 3.63) is 35.9 Å². The number of carbonyl (C=O) groups excluding carboxylic acids is 3. The molecule has 34 heavy (non-hydrogen) atoms. The molecule has 2 atom stereocenters. The van der Waals surface area contributed by atoms with E-state index in [1.54, 1.807) is 46.4 Å². The number of carbonyl (C=O) groups is 3. The first-order chi connectivity index (χ1) is 15.8. The van der Waals surface area contributed by atoms with Gasteiger partial charge in [0.1, 0.15) is 23.3 Å². The van der Waals surface area contributed by atoms with Gasteiger partial charge in [0.2, 0.25) is 5.91 Å². The summed E-state index contributed by atoms with van der Waals surface area (Å²) in [5.74, 6) is -0.986. The van der Waals surface area contributed by atoms with Crippen molar-refractivity contribution in [2.24, 2.45) is 0 Å². The lowest BCUT2D eigenvalue weighted by atomic mass is 10.0. The van der Waals surface area contributed by atoms with E-state index in [9.17, 15) is 14.4 Å². The van der Waals surface area contributed by atoms with E-state index < -0.39 is 35.2 Å². The van der Waals surface area contributed by atoms with Gasteiger partial charge in [0, 0.05) is 31.3 Å². The highest BCUT2D eigenvalue weighted by Gasteiger charge is 2.36. The van der Waals surface area contributed by atoms with E-state index in [0.717, 1.165) is 5.56 Å². The Morgan fingerprint density at radius 1 is 0.882 bits per heavy atom. The van der Waals surface area contributed by atoms with E-state index in [1.165, 1.54) is 0 Å². The summed E-state index contributed by atoms with van der Waals surface area (Å²) < 4.78 is 11.2. The number of amides is 1. The van der Waals surface area contributed by atoms with Crippen molar-refractivity contribution < 1.29 is 23.9 Å². The molecule has 1 N–H and O–H groups in total. The number of esters is 2. The Kier molecular flexibility index (Phi) is 12.4. The van der Waals surface area contributed by atoms with E-state index in [0.29, 0.717) is 13.1 Å². The highest BCUT2D eigenvalue weighted by atomic mass is 35.5. The van der Waals surface area contributed by atoms with Crippen LogP contribution >= 0.6 is 23.2 Å². The molecule has 0 saturated heterocycles. The van der Waals surface area contributed by atoms with Crippen LogP contribution in [0.15, 0.2) is 30.3 Å². The molecule has 0 fully saturated rings. The van der Waals surface area contributed by atoms with Crippen LogP contribution in [0.25, 0.3) is 0 Å². The topological polar surface area (TPSA) is 84.9 Å². The molecule has 1 aromatic carbocycles. The van der Waals surface area contributed by atoms with Crippen LogP contribution in [-0.4, -0.2) is 70.9 Å². The van der Waals surface area contributed by atoms with Crippen LogP contribution < -0.4 is 5.32 Å². The van der Waals surface area contributed by atoms with Crippen LogP contribution in [0.3, 0.4) is 0 Å². The summed E-state index contributed by atoms with van der Waals surface area (Å²) in [6, 6.07) is 7.26. The molecule has 0 radical (unpaired) electrons. The maximum Gasteiger partial charge on any atom is 0.329 e. The molecular formula is C25H38Cl2N2O5. The van der Waals surface area contributed by atoms with Crippen molar-refractivity contribution in [3.63, 3.8) is 0 Å². The fourth-order valence-electron chi connectivity index (χ4n) is 3.24. The lowest BCUT2D eigenvalue weighted by molar-refractivity contribution is -0.164. The Bertz CT molecular complexity index is 785. The number of nitrogens with one attached hydrogen (secondary N) is 1. The minimum absolute atomic E-state index is 0.0435. The zero-order valence-corrected chi connectivity index (χ0v) is 22.5. The Morgan fingerprint density at radius 3 is 1.85 bits per heavy atom. The highest BCUT2D eigenvalue weighted by molar-refractivity contribution is 6.18. The molecule has 1 unspecified atom stereocenters. The standard InChI is InChI=1S/C25H38Cl2N2O5/c1-24(2,3)33-22(31)19(28-21(30)16-18-10-8-7-9-11-18)17-20(23(32)34-25(4,5)6)29(14-12-26)15-13-27/h7-11,19-20H,12-17H2,1-6H3,(H,28,30)/t19-,20?/m0/s1. The average molecular weight is 517 g/mol. The summed E-state index contributed by atoms with van der Waals surface area (Å²) in [7, 11) is 0. The van der Waals surface area contributed by atoms with E-state index in [2.05, 4.69) is 5.32 Å². The molecule has 1 amide bonds. The lowest BCUT2D eigenvalue weighted by Crippen LogP contribution is -2.53. The monoisotopic (exact) mass is 516 g/mol. The van der Waals surface area contributed by atoms with Crippen molar-refractivity contribution in [1.29, 1.82) is 0 Å². The molecule has 0 aliphatic carbocycles. The Hall–Kier alpha value is -1.83. The van der Waals surface area contributed by atoms with Crippen molar-refractivity contribution in [1.82, 2.24) is 10.2 Å². The minimum Gasteiger partial charge on any atom is -0.459 e. The highest BCUT2D eigenvalue weighted by Crippen LogP contribution is 2.18. The second-order valence-corrected chi connectivity index (χ2v) is 10.8. The molecule has 0 aliphatic heterocycles. The number of hydrogen-bond acceptors (Lipinski definition) is 6. The Labute approximate surface area is 213 Å². The van der Waals surface area contributed by atoms with Crippen LogP contribution in [0.5, 0.6) is 0 Å². The number of benzene rings is 1. The van der Waals surface area contributed by atoms with Crippen molar-refractivity contribution in [2.75, 3.05) is 24.8 Å². The summed E-state index contributed by atoms with van der Waals surface area (Å²) in [6.07, 6.45) is 0.0441. The molecule has 9 heteroatoms. The Balaban J connectivity index is 3.22. The largest absolute Gasteiger partial charge is 0.459 e. The summed E-state index contributed by atoms with van der Waals surface area (Å²) >= 11 is 12.0.